The van der Waals surface area contributed by atoms with Crippen LogP contribution in [0.2, 0.25) is 0 Å². The zero-order valence-electron chi connectivity index (χ0n) is 9.09. The normalized spacial score (nSPS) is 19.3. The van der Waals surface area contributed by atoms with Gasteiger partial charge in [0.1, 0.15) is 5.82 Å². The number of H-pyrrole nitrogens is 1. The van der Waals surface area contributed by atoms with Gasteiger partial charge in [0.2, 0.25) is 5.24 Å². The summed E-state index contributed by atoms with van der Waals surface area (Å²) in [5.41, 5.74) is 2.79. The number of aromatic amines is 1. The molecule has 0 bridgehead atoms. The van der Waals surface area contributed by atoms with E-state index in [0.29, 0.717) is 0 Å². The second kappa shape index (κ2) is 3.84. The molecule has 0 aliphatic heterocycles. The van der Waals surface area contributed by atoms with E-state index in [9.17, 15) is 9.18 Å². The highest BCUT2D eigenvalue weighted by atomic mass is 35.5. The van der Waals surface area contributed by atoms with E-state index in [-0.39, 0.29) is 17.0 Å². The van der Waals surface area contributed by atoms with Crippen molar-refractivity contribution in [3.63, 3.8) is 0 Å². The van der Waals surface area contributed by atoms with Crippen LogP contribution in [-0.4, -0.2) is 10.2 Å². The van der Waals surface area contributed by atoms with Gasteiger partial charge in [0.05, 0.1) is 5.92 Å². The van der Waals surface area contributed by atoms with Crippen LogP contribution in [0.15, 0.2) is 18.2 Å². The van der Waals surface area contributed by atoms with E-state index < -0.39 is 0 Å². The largest absolute Gasteiger partial charge is 0.358 e. The summed E-state index contributed by atoms with van der Waals surface area (Å²) in [7, 11) is 0. The zero-order chi connectivity index (χ0) is 12.0. The Morgan fingerprint density at radius 2 is 2.29 bits per heavy atom. The summed E-state index contributed by atoms with van der Waals surface area (Å²) >= 11 is 5.61. The molecule has 1 unspecified atom stereocenters. The van der Waals surface area contributed by atoms with Gasteiger partial charge in [-0.1, -0.05) is 0 Å². The van der Waals surface area contributed by atoms with Gasteiger partial charge in [0.25, 0.3) is 0 Å². The molecule has 1 aliphatic rings. The smallest absolute Gasteiger partial charge is 0.230 e. The van der Waals surface area contributed by atoms with Crippen molar-refractivity contribution in [3.05, 3.63) is 35.3 Å². The molecule has 1 aliphatic carbocycles. The topological polar surface area (TPSA) is 32.9 Å². The highest BCUT2D eigenvalue weighted by Crippen LogP contribution is 2.37. The number of benzene rings is 1. The minimum absolute atomic E-state index is 0.251. The number of fused-ring (bicyclic) bond motifs is 3. The van der Waals surface area contributed by atoms with Crippen LogP contribution >= 0.6 is 11.6 Å². The Morgan fingerprint density at radius 3 is 3.06 bits per heavy atom. The standard InChI is InChI=1S/C13H11ClFNO/c14-13(17)9-3-1-2-8-10-6-7(15)4-5-11(10)16-12(8)9/h4-6,9,16H,1-3H2. The number of aromatic nitrogens is 1. The van der Waals surface area contributed by atoms with Gasteiger partial charge >= 0.3 is 0 Å². The molecule has 2 aromatic rings. The van der Waals surface area contributed by atoms with E-state index in [4.69, 9.17) is 11.6 Å². The first-order valence-corrected chi connectivity index (χ1v) is 6.04. The Morgan fingerprint density at radius 1 is 1.47 bits per heavy atom. The van der Waals surface area contributed by atoms with Crippen molar-refractivity contribution in [2.24, 2.45) is 0 Å². The maximum absolute atomic E-state index is 13.2. The first kappa shape index (κ1) is 10.8. The molecule has 2 nitrogen and oxygen atoms in total. The summed E-state index contributed by atoms with van der Waals surface area (Å²) in [5.74, 6) is -0.519. The lowest BCUT2D eigenvalue weighted by Gasteiger charge is -2.18. The molecule has 0 amide bonds. The van der Waals surface area contributed by atoms with Gasteiger partial charge in [0.15, 0.2) is 0 Å². The van der Waals surface area contributed by atoms with Crippen LogP contribution in [0.4, 0.5) is 4.39 Å². The van der Waals surface area contributed by atoms with Crippen molar-refractivity contribution in [1.29, 1.82) is 0 Å². The van der Waals surface area contributed by atoms with Crippen molar-refractivity contribution in [3.8, 4) is 0 Å². The molecule has 1 atom stereocenters. The molecule has 1 heterocycles. The minimum atomic E-state index is -0.335. The Hall–Kier alpha value is -1.35. The summed E-state index contributed by atoms with van der Waals surface area (Å²) in [6.45, 7) is 0. The number of carbonyl (C=O) groups excluding carboxylic acids is 1. The second-order valence-corrected chi connectivity index (χ2v) is 4.83. The molecule has 0 saturated heterocycles. The first-order valence-electron chi connectivity index (χ1n) is 5.66. The van der Waals surface area contributed by atoms with Gasteiger partial charge in [-0.2, -0.15) is 0 Å². The van der Waals surface area contributed by atoms with Crippen LogP contribution in [0, 0.1) is 5.82 Å². The highest BCUT2D eigenvalue weighted by molar-refractivity contribution is 6.64. The number of nitrogens with one attached hydrogen (secondary N) is 1. The van der Waals surface area contributed by atoms with E-state index in [2.05, 4.69) is 4.98 Å². The molecule has 3 rings (SSSR count). The van der Waals surface area contributed by atoms with E-state index in [1.165, 1.54) is 12.1 Å². The van der Waals surface area contributed by atoms with Gasteiger partial charge in [-0.3, -0.25) is 4.79 Å². The molecular weight excluding hydrogens is 241 g/mol. The number of hydrogen-bond donors (Lipinski definition) is 1. The quantitative estimate of drug-likeness (QED) is 0.773. The summed E-state index contributed by atoms with van der Waals surface area (Å²) in [5, 5.41) is 0.542. The third-order valence-corrected chi connectivity index (χ3v) is 3.71. The third kappa shape index (κ3) is 1.65. The number of carbonyl (C=O) groups is 1. The molecule has 1 N–H and O–H groups in total. The van der Waals surface area contributed by atoms with Crippen LogP contribution in [0.3, 0.4) is 0 Å². The van der Waals surface area contributed by atoms with Gasteiger partial charge in [-0.15, -0.1) is 0 Å². The van der Waals surface area contributed by atoms with Crippen molar-refractivity contribution < 1.29 is 9.18 Å². The van der Waals surface area contributed by atoms with E-state index in [1.807, 2.05) is 0 Å². The average Bonchev–Trinajstić information content (AvgIpc) is 2.66. The van der Waals surface area contributed by atoms with Crippen LogP contribution in [0.1, 0.15) is 30.0 Å². The fraction of sp³-hybridized carbons (Fsp3) is 0.308. The third-order valence-electron chi connectivity index (χ3n) is 3.44. The zero-order valence-corrected chi connectivity index (χ0v) is 9.85. The van der Waals surface area contributed by atoms with Gasteiger partial charge in [-0.05, 0) is 54.6 Å². The minimum Gasteiger partial charge on any atom is -0.358 e. The molecule has 17 heavy (non-hydrogen) atoms. The molecule has 0 radical (unpaired) electrons. The summed E-state index contributed by atoms with van der Waals surface area (Å²) in [4.78, 5) is 14.6. The maximum atomic E-state index is 13.2. The predicted octanol–water partition coefficient (Wildman–Crippen LogP) is 3.49. The second-order valence-electron chi connectivity index (χ2n) is 4.46. The van der Waals surface area contributed by atoms with E-state index in [0.717, 1.165) is 41.4 Å². The van der Waals surface area contributed by atoms with Crippen LogP contribution in [-0.2, 0) is 11.2 Å². The van der Waals surface area contributed by atoms with Crippen LogP contribution in [0.25, 0.3) is 10.9 Å². The molecule has 0 saturated carbocycles. The molecular formula is C13H11ClFNO. The monoisotopic (exact) mass is 251 g/mol. The maximum Gasteiger partial charge on any atom is 0.230 e. The molecule has 0 spiro atoms. The van der Waals surface area contributed by atoms with E-state index >= 15 is 0 Å². The van der Waals surface area contributed by atoms with Gasteiger partial charge in [0, 0.05) is 16.6 Å². The van der Waals surface area contributed by atoms with Crippen LogP contribution < -0.4 is 0 Å². The van der Waals surface area contributed by atoms with Crippen molar-refractivity contribution in [1.82, 2.24) is 4.98 Å². The van der Waals surface area contributed by atoms with Gasteiger partial charge < -0.3 is 4.98 Å². The van der Waals surface area contributed by atoms with E-state index in [1.54, 1.807) is 6.07 Å². The Kier molecular flexibility index (Phi) is 2.44. The number of rotatable bonds is 1. The molecule has 1 aromatic carbocycles. The summed E-state index contributed by atoms with van der Waals surface area (Å²) in [6.07, 6.45) is 2.56. The SMILES string of the molecule is O=C(Cl)C1CCCc2c1[nH]c1ccc(F)cc21. The summed E-state index contributed by atoms with van der Waals surface area (Å²) in [6, 6.07) is 4.65. The van der Waals surface area contributed by atoms with Crippen LogP contribution in [0.5, 0.6) is 0 Å². The van der Waals surface area contributed by atoms with Gasteiger partial charge in [-0.25, -0.2) is 4.39 Å². The Balaban J connectivity index is 2.25. The molecule has 0 fully saturated rings. The molecule has 1 aromatic heterocycles. The number of hydrogen-bond acceptors (Lipinski definition) is 1. The number of aryl methyl sites for hydroxylation is 1. The highest BCUT2D eigenvalue weighted by Gasteiger charge is 2.28. The predicted molar refractivity (Wildman–Crippen MR) is 64.8 cm³/mol. The van der Waals surface area contributed by atoms with Crippen molar-refractivity contribution in [2.75, 3.05) is 0 Å². The fourth-order valence-electron chi connectivity index (χ4n) is 2.66. The lowest BCUT2D eigenvalue weighted by atomic mass is 9.87. The lowest BCUT2D eigenvalue weighted by Crippen LogP contribution is -2.14. The van der Waals surface area contributed by atoms with Crippen molar-refractivity contribution >= 4 is 27.7 Å². The lowest BCUT2D eigenvalue weighted by molar-refractivity contribution is -0.113. The van der Waals surface area contributed by atoms with Crippen molar-refractivity contribution in [2.45, 2.75) is 25.2 Å². The average molecular weight is 252 g/mol. The fourth-order valence-corrected chi connectivity index (χ4v) is 2.88. The Labute approximate surface area is 103 Å². The Bertz CT molecular complexity index is 605. The molecule has 4 heteroatoms. The first-order chi connectivity index (χ1) is 8.16. The number of halogens is 2. The summed E-state index contributed by atoms with van der Waals surface area (Å²) < 4.78 is 13.2. The molecule has 88 valence electrons.